The van der Waals surface area contributed by atoms with E-state index < -0.39 is 35.8 Å². The van der Waals surface area contributed by atoms with Crippen LogP contribution >= 0.6 is 0 Å². The predicted molar refractivity (Wildman–Crippen MR) is 102 cm³/mol. The van der Waals surface area contributed by atoms with E-state index >= 15 is 0 Å². The number of likely N-dealkylation sites (tertiary alicyclic amines) is 1. The molecule has 1 aliphatic heterocycles. The Balaban J connectivity index is 1.91. The van der Waals surface area contributed by atoms with E-state index in [4.69, 9.17) is 14.2 Å². The third-order valence-electron chi connectivity index (χ3n) is 4.25. The molecule has 7 nitrogen and oxygen atoms in total. The first-order chi connectivity index (χ1) is 13.2. The van der Waals surface area contributed by atoms with Crippen molar-refractivity contribution in [1.29, 1.82) is 0 Å². The lowest BCUT2D eigenvalue weighted by molar-refractivity contribution is -0.171. The van der Waals surface area contributed by atoms with E-state index in [0.29, 0.717) is 13.0 Å². The first kappa shape index (κ1) is 21.7. The van der Waals surface area contributed by atoms with Gasteiger partial charge in [-0.3, -0.25) is 4.90 Å². The molecule has 1 aromatic carbocycles. The summed E-state index contributed by atoms with van der Waals surface area (Å²) in [4.78, 5) is 38.5. The van der Waals surface area contributed by atoms with Crippen molar-refractivity contribution in [2.24, 2.45) is 0 Å². The molecule has 0 unspecified atom stereocenters. The summed E-state index contributed by atoms with van der Waals surface area (Å²) in [6.45, 7) is 7.30. The van der Waals surface area contributed by atoms with Gasteiger partial charge >= 0.3 is 18.0 Å². The highest BCUT2D eigenvalue weighted by atomic mass is 16.6. The van der Waals surface area contributed by atoms with Crippen LogP contribution < -0.4 is 0 Å². The molecule has 1 saturated heterocycles. The number of carbonyl (C=O) groups excluding carboxylic acids is 3. The summed E-state index contributed by atoms with van der Waals surface area (Å²) in [5.41, 5.74) is 0.190. The number of hydrogen-bond acceptors (Lipinski definition) is 6. The van der Waals surface area contributed by atoms with Gasteiger partial charge in [-0.1, -0.05) is 30.3 Å². The van der Waals surface area contributed by atoms with Crippen molar-refractivity contribution in [3.63, 3.8) is 0 Å². The minimum absolute atomic E-state index is 0.106. The number of rotatable bonds is 5. The lowest BCUT2D eigenvalue weighted by Gasteiger charge is -2.35. The second kappa shape index (κ2) is 9.57. The standard InChI is InChI=1S/C21H29NO6/c1-15(18(23)26-14-16-10-6-5-7-11-16)27-19(24)17-12-8-9-13-22(17)20(25)28-21(2,3)4/h5-7,10-11,15,17H,8-9,12-14H2,1-4H3/t15-,17+/m1/s1. The molecule has 1 heterocycles. The van der Waals surface area contributed by atoms with Crippen LogP contribution in [0.5, 0.6) is 0 Å². The zero-order valence-corrected chi connectivity index (χ0v) is 17.0. The minimum Gasteiger partial charge on any atom is -0.458 e. The molecule has 1 amide bonds. The van der Waals surface area contributed by atoms with Crippen LogP contribution in [0, 0.1) is 0 Å². The maximum atomic E-state index is 12.6. The Kier molecular flexibility index (Phi) is 7.43. The number of esters is 2. The zero-order chi connectivity index (χ0) is 20.7. The Morgan fingerprint density at radius 2 is 1.82 bits per heavy atom. The first-order valence-electron chi connectivity index (χ1n) is 9.58. The van der Waals surface area contributed by atoms with E-state index in [9.17, 15) is 14.4 Å². The highest BCUT2D eigenvalue weighted by molar-refractivity contribution is 5.84. The van der Waals surface area contributed by atoms with Gasteiger partial charge in [0.05, 0.1) is 0 Å². The van der Waals surface area contributed by atoms with E-state index in [1.807, 2.05) is 30.3 Å². The molecule has 1 aromatic rings. The smallest absolute Gasteiger partial charge is 0.411 e. The van der Waals surface area contributed by atoms with Crippen molar-refractivity contribution in [2.45, 2.75) is 71.3 Å². The van der Waals surface area contributed by atoms with Crippen LogP contribution in [-0.2, 0) is 30.4 Å². The fraction of sp³-hybridized carbons (Fsp3) is 0.571. The van der Waals surface area contributed by atoms with Gasteiger partial charge in [0.2, 0.25) is 0 Å². The molecule has 28 heavy (non-hydrogen) atoms. The normalized spacial score (nSPS) is 18.1. The number of ether oxygens (including phenoxy) is 3. The summed E-state index contributed by atoms with van der Waals surface area (Å²) in [5, 5.41) is 0. The van der Waals surface area contributed by atoms with Gasteiger partial charge in [0.1, 0.15) is 18.2 Å². The molecule has 2 atom stereocenters. The average molecular weight is 391 g/mol. The SMILES string of the molecule is C[C@@H](OC(=O)[C@@H]1CCCCN1C(=O)OC(C)(C)C)C(=O)OCc1ccccc1. The molecular formula is C21H29NO6. The minimum atomic E-state index is -1.06. The maximum absolute atomic E-state index is 12.6. The Morgan fingerprint density at radius 3 is 2.46 bits per heavy atom. The molecule has 0 aliphatic carbocycles. The summed E-state index contributed by atoms with van der Waals surface area (Å²) >= 11 is 0. The largest absolute Gasteiger partial charge is 0.458 e. The summed E-state index contributed by atoms with van der Waals surface area (Å²) < 4.78 is 15.9. The highest BCUT2D eigenvalue weighted by Gasteiger charge is 2.37. The van der Waals surface area contributed by atoms with E-state index in [1.165, 1.54) is 11.8 Å². The number of piperidine rings is 1. The van der Waals surface area contributed by atoms with Gasteiger partial charge < -0.3 is 14.2 Å². The molecular weight excluding hydrogens is 362 g/mol. The zero-order valence-electron chi connectivity index (χ0n) is 17.0. The lowest BCUT2D eigenvalue weighted by Crippen LogP contribution is -2.51. The van der Waals surface area contributed by atoms with Crippen LogP contribution in [0.2, 0.25) is 0 Å². The van der Waals surface area contributed by atoms with Gasteiger partial charge in [-0.05, 0) is 52.5 Å². The fourth-order valence-corrected chi connectivity index (χ4v) is 2.86. The molecule has 0 bridgehead atoms. The first-order valence-corrected chi connectivity index (χ1v) is 9.58. The summed E-state index contributed by atoms with van der Waals surface area (Å²) in [7, 11) is 0. The van der Waals surface area contributed by atoms with Gasteiger partial charge in [0.15, 0.2) is 6.10 Å². The van der Waals surface area contributed by atoms with Gasteiger partial charge in [0.25, 0.3) is 0 Å². The second-order valence-corrected chi connectivity index (χ2v) is 7.86. The van der Waals surface area contributed by atoms with Crippen molar-refractivity contribution in [3.05, 3.63) is 35.9 Å². The highest BCUT2D eigenvalue weighted by Crippen LogP contribution is 2.22. The monoisotopic (exact) mass is 391 g/mol. The number of nitrogens with zero attached hydrogens (tertiary/aromatic N) is 1. The van der Waals surface area contributed by atoms with E-state index in [0.717, 1.165) is 18.4 Å². The molecule has 0 aromatic heterocycles. The van der Waals surface area contributed by atoms with Gasteiger partial charge in [-0.2, -0.15) is 0 Å². The van der Waals surface area contributed by atoms with Crippen LogP contribution in [0.25, 0.3) is 0 Å². The average Bonchev–Trinajstić information content (AvgIpc) is 2.65. The van der Waals surface area contributed by atoms with E-state index in [1.54, 1.807) is 20.8 Å². The van der Waals surface area contributed by atoms with Crippen molar-refractivity contribution in [1.82, 2.24) is 4.90 Å². The van der Waals surface area contributed by atoms with E-state index in [2.05, 4.69) is 0 Å². The summed E-state index contributed by atoms with van der Waals surface area (Å²) in [6, 6.07) is 8.49. The molecule has 1 fully saturated rings. The third kappa shape index (κ3) is 6.55. The molecule has 7 heteroatoms. The Hall–Kier alpha value is -2.57. The Labute approximate surface area is 165 Å². The van der Waals surface area contributed by atoms with Gasteiger partial charge in [0, 0.05) is 6.54 Å². The summed E-state index contributed by atoms with van der Waals surface area (Å²) in [5.74, 6) is -1.24. The molecule has 0 radical (unpaired) electrons. The third-order valence-corrected chi connectivity index (χ3v) is 4.25. The van der Waals surface area contributed by atoms with Gasteiger partial charge in [-0.15, -0.1) is 0 Å². The molecule has 0 saturated carbocycles. The van der Waals surface area contributed by atoms with Crippen LogP contribution in [0.1, 0.15) is 52.5 Å². The topological polar surface area (TPSA) is 82.1 Å². The lowest BCUT2D eigenvalue weighted by atomic mass is 10.0. The molecule has 1 aliphatic rings. The van der Waals surface area contributed by atoms with Crippen LogP contribution in [0.15, 0.2) is 30.3 Å². The Morgan fingerprint density at radius 1 is 1.14 bits per heavy atom. The number of benzene rings is 1. The molecule has 154 valence electrons. The Bertz CT molecular complexity index is 682. The van der Waals surface area contributed by atoms with Gasteiger partial charge in [-0.25, -0.2) is 14.4 Å². The molecule has 0 N–H and O–H groups in total. The number of amides is 1. The van der Waals surface area contributed by atoms with Crippen LogP contribution in [0.4, 0.5) is 4.79 Å². The van der Waals surface area contributed by atoms with Crippen molar-refractivity contribution in [2.75, 3.05) is 6.54 Å². The fourth-order valence-electron chi connectivity index (χ4n) is 2.86. The van der Waals surface area contributed by atoms with Crippen molar-refractivity contribution >= 4 is 18.0 Å². The van der Waals surface area contributed by atoms with Crippen molar-refractivity contribution < 1.29 is 28.6 Å². The molecule has 0 spiro atoms. The molecule has 2 rings (SSSR count). The maximum Gasteiger partial charge on any atom is 0.411 e. The number of hydrogen-bond donors (Lipinski definition) is 0. The summed E-state index contributed by atoms with van der Waals surface area (Å²) in [6.07, 6.45) is 0.458. The quantitative estimate of drug-likeness (QED) is 0.565. The van der Waals surface area contributed by atoms with Crippen molar-refractivity contribution in [3.8, 4) is 0 Å². The van der Waals surface area contributed by atoms with Crippen LogP contribution in [-0.4, -0.2) is 47.2 Å². The predicted octanol–water partition coefficient (Wildman–Crippen LogP) is 3.45. The van der Waals surface area contributed by atoms with E-state index in [-0.39, 0.29) is 6.61 Å². The second-order valence-electron chi connectivity index (χ2n) is 7.86. The number of carbonyl (C=O) groups is 3. The van der Waals surface area contributed by atoms with Crippen LogP contribution in [0.3, 0.4) is 0 Å².